The average molecular weight is 231 g/mol. The van der Waals surface area contributed by atoms with Crippen LogP contribution in [0.4, 0.5) is 4.39 Å². The van der Waals surface area contributed by atoms with Gasteiger partial charge >= 0.3 is 5.97 Å². The number of hydrogen-bond donors (Lipinski definition) is 1. The molecule has 0 unspecified atom stereocenters. The summed E-state index contributed by atoms with van der Waals surface area (Å²) in [5.41, 5.74) is -0.156. The number of benzene rings is 1. The molecule has 0 fully saturated rings. The third-order valence-corrected chi connectivity index (χ3v) is 2.66. The predicted molar refractivity (Wildman–Crippen MR) is 56.7 cm³/mol. The summed E-state index contributed by atoms with van der Waals surface area (Å²) >= 11 is 5.79. The fraction of sp³-hybridized carbons (Fsp3) is 0.364. The lowest BCUT2D eigenvalue weighted by Gasteiger charge is -2.24. The Balaban J connectivity index is 3.14. The summed E-state index contributed by atoms with van der Waals surface area (Å²) in [4.78, 5) is 10.6. The largest absolute Gasteiger partial charge is 0.481 e. The highest BCUT2D eigenvalue weighted by molar-refractivity contribution is 6.31. The maximum atomic E-state index is 13.2. The first-order valence-corrected chi connectivity index (χ1v) is 4.88. The van der Waals surface area contributed by atoms with Gasteiger partial charge in [0.05, 0.1) is 11.4 Å². The molecule has 0 spiro atoms. The maximum Gasteiger partial charge on any atom is 0.304 e. The van der Waals surface area contributed by atoms with E-state index in [-0.39, 0.29) is 11.4 Å². The van der Waals surface area contributed by atoms with Gasteiger partial charge in [0, 0.05) is 5.41 Å². The molecular formula is C11H12ClFO2. The van der Waals surface area contributed by atoms with E-state index in [4.69, 9.17) is 16.7 Å². The SMILES string of the molecule is CC(C)(CC(=O)O)c1cccc(F)c1Cl. The van der Waals surface area contributed by atoms with Crippen LogP contribution in [-0.4, -0.2) is 11.1 Å². The molecule has 0 aliphatic rings. The van der Waals surface area contributed by atoms with E-state index >= 15 is 0 Å². The molecule has 0 bridgehead atoms. The number of halogens is 2. The van der Waals surface area contributed by atoms with Gasteiger partial charge in [-0.3, -0.25) is 4.79 Å². The Morgan fingerprint density at radius 1 is 1.53 bits per heavy atom. The van der Waals surface area contributed by atoms with Crippen LogP contribution in [0.15, 0.2) is 18.2 Å². The molecule has 2 nitrogen and oxygen atoms in total. The van der Waals surface area contributed by atoms with Crippen molar-refractivity contribution in [2.24, 2.45) is 0 Å². The molecule has 1 aromatic rings. The third-order valence-electron chi connectivity index (χ3n) is 2.27. The molecule has 0 radical (unpaired) electrons. The Hall–Kier alpha value is -1.09. The summed E-state index contributed by atoms with van der Waals surface area (Å²) in [5, 5.41) is 8.74. The topological polar surface area (TPSA) is 37.3 Å². The summed E-state index contributed by atoms with van der Waals surface area (Å²) < 4.78 is 13.2. The molecule has 82 valence electrons. The Kier molecular flexibility index (Phi) is 3.35. The second-order valence-corrected chi connectivity index (χ2v) is 4.43. The molecule has 0 amide bonds. The Bertz CT molecular complexity index is 388. The van der Waals surface area contributed by atoms with E-state index in [0.29, 0.717) is 5.56 Å². The predicted octanol–water partition coefficient (Wildman–Crippen LogP) is 3.23. The summed E-state index contributed by atoms with van der Waals surface area (Å²) in [6, 6.07) is 4.43. The molecule has 0 aliphatic carbocycles. The summed E-state index contributed by atoms with van der Waals surface area (Å²) in [6.07, 6.45) is -0.0871. The lowest BCUT2D eigenvalue weighted by Crippen LogP contribution is -2.22. The van der Waals surface area contributed by atoms with E-state index in [1.54, 1.807) is 19.9 Å². The van der Waals surface area contributed by atoms with Gasteiger partial charge < -0.3 is 5.11 Å². The highest BCUT2D eigenvalue weighted by atomic mass is 35.5. The van der Waals surface area contributed by atoms with Crippen LogP contribution in [0.1, 0.15) is 25.8 Å². The van der Waals surface area contributed by atoms with Crippen LogP contribution in [0.5, 0.6) is 0 Å². The van der Waals surface area contributed by atoms with Gasteiger partial charge in [0.1, 0.15) is 5.82 Å². The van der Waals surface area contributed by atoms with Gasteiger partial charge in [-0.05, 0) is 11.6 Å². The second-order valence-electron chi connectivity index (χ2n) is 4.06. The quantitative estimate of drug-likeness (QED) is 0.866. The number of hydrogen-bond acceptors (Lipinski definition) is 1. The van der Waals surface area contributed by atoms with Gasteiger partial charge in [-0.25, -0.2) is 4.39 Å². The van der Waals surface area contributed by atoms with Crippen LogP contribution < -0.4 is 0 Å². The van der Waals surface area contributed by atoms with Crippen LogP contribution in [0.3, 0.4) is 0 Å². The minimum absolute atomic E-state index is 0.00347. The lowest BCUT2D eigenvalue weighted by molar-refractivity contribution is -0.138. The lowest BCUT2D eigenvalue weighted by atomic mass is 9.81. The van der Waals surface area contributed by atoms with E-state index in [1.807, 2.05) is 0 Å². The first-order chi connectivity index (χ1) is 6.84. The Morgan fingerprint density at radius 2 is 2.13 bits per heavy atom. The van der Waals surface area contributed by atoms with E-state index < -0.39 is 17.2 Å². The fourth-order valence-corrected chi connectivity index (χ4v) is 1.88. The molecular weight excluding hydrogens is 219 g/mol. The van der Waals surface area contributed by atoms with Gasteiger partial charge in [0.2, 0.25) is 0 Å². The van der Waals surface area contributed by atoms with Crippen molar-refractivity contribution in [1.82, 2.24) is 0 Å². The van der Waals surface area contributed by atoms with Gasteiger partial charge in [-0.1, -0.05) is 37.6 Å². The number of aliphatic carboxylic acids is 1. The number of carbonyl (C=O) groups is 1. The monoisotopic (exact) mass is 230 g/mol. The zero-order valence-electron chi connectivity index (χ0n) is 8.55. The smallest absolute Gasteiger partial charge is 0.304 e. The standard InChI is InChI=1S/C11H12ClFO2/c1-11(2,6-9(14)15)7-4-3-5-8(13)10(7)12/h3-5H,6H2,1-2H3,(H,14,15). The summed E-state index contributed by atoms with van der Waals surface area (Å²) in [6.45, 7) is 3.45. The molecule has 1 rings (SSSR count). The van der Waals surface area contributed by atoms with Crippen molar-refractivity contribution in [3.05, 3.63) is 34.6 Å². The minimum atomic E-state index is -0.930. The molecule has 0 saturated heterocycles. The summed E-state index contributed by atoms with van der Waals surface area (Å²) in [7, 11) is 0. The number of carboxylic acid groups (broad SMARTS) is 1. The van der Waals surface area contributed by atoms with Gasteiger partial charge in [-0.15, -0.1) is 0 Å². The molecule has 0 saturated carbocycles. The highest BCUT2D eigenvalue weighted by Crippen LogP contribution is 2.33. The van der Waals surface area contributed by atoms with Crippen molar-refractivity contribution in [3.8, 4) is 0 Å². The number of rotatable bonds is 3. The first kappa shape index (κ1) is 12.0. The van der Waals surface area contributed by atoms with Gasteiger partial charge in [0.15, 0.2) is 0 Å². The van der Waals surface area contributed by atoms with Crippen LogP contribution in [0.25, 0.3) is 0 Å². The molecule has 0 aliphatic heterocycles. The molecule has 15 heavy (non-hydrogen) atoms. The summed E-state index contributed by atoms with van der Waals surface area (Å²) in [5.74, 6) is -1.45. The van der Waals surface area contributed by atoms with E-state index in [2.05, 4.69) is 0 Å². The number of carboxylic acids is 1. The van der Waals surface area contributed by atoms with Gasteiger partial charge in [-0.2, -0.15) is 0 Å². The maximum absolute atomic E-state index is 13.2. The first-order valence-electron chi connectivity index (χ1n) is 4.51. The molecule has 4 heteroatoms. The van der Waals surface area contributed by atoms with Crippen molar-refractivity contribution < 1.29 is 14.3 Å². The van der Waals surface area contributed by atoms with E-state index in [0.717, 1.165) is 0 Å². The van der Waals surface area contributed by atoms with Crippen molar-refractivity contribution >= 4 is 17.6 Å². The van der Waals surface area contributed by atoms with E-state index in [9.17, 15) is 9.18 Å². The van der Waals surface area contributed by atoms with Crippen LogP contribution >= 0.6 is 11.6 Å². The van der Waals surface area contributed by atoms with Crippen molar-refractivity contribution in [2.75, 3.05) is 0 Å². The van der Waals surface area contributed by atoms with Gasteiger partial charge in [0.25, 0.3) is 0 Å². The van der Waals surface area contributed by atoms with Crippen molar-refractivity contribution in [2.45, 2.75) is 25.7 Å². The zero-order chi connectivity index (χ0) is 11.6. The fourth-order valence-electron chi connectivity index (χ4n) is 1.50. The molecule has 1 N–H and O–H groups in total. The zero-order valence-corrected chi connectivity index (χ0v) is 9.31. The Morgan fingerprint density at radius 3 is 2.67 bits per heavy atom. The molecule has 0 heterocycles. The highest BCUT2D eigenvalue weighted by Gasteiger charge is 2.27. The van der Waals surface area contributed by atoms with Crippen LogP contribution in [-0.2, 0) is 10.2 Å². The minimum Gasteiger partial charge on any atom is -0.481 e. The average Bonchev–Trinajstić information content (AvgIpc) is 2.07. The second kappa shape index (κ2) is 4.19. The normalized spacial score (nSPS) is 11.5. The van der Waals surface area contributed by atoms with E-state index in [1.165, 1.54) is 12.1 Å². The third kappa shape index (κ3) is 2.69. The molecule has 0 aromatic heterocycles. The van der Waals surface area contributed by atoms with Crippen molar-refractivity contribution in [3.63, 3.8) is 0 Å². The molecule has 0 atom stereocenters. The van der Waals surface area contributed by atoms with Crippen LogP contribution in [0.2, 0.25) is 5.02 Å². The Labute approximate surface area is 92.7 Å². The van der Waals surface area contributed by atoms with Crippen molar-refractivity contribution in [1.29, 1.82) is 0 Å². The molecule has 1 aromatic carbocycles. The van der Waals surface area contributed by atoms with Crippen LogP contribution in [0, 0.1) is 5.82 Å².